The Morgan fingerprint density at radius 3 is 3.09 bits per heavy atom. The van der Waals surface area contributed by atoms with Gasteiger partial charge in [-0.25, -0.2) is 0 Å². The third-order valence-corrected chi connectivity index (χ3v) is 5.19. The molecule has 1 aromatic heterocycles. The number of hydrogen-bond acceptors (Lipinski definition) is 6. The van der Waals surface area contributed by atoms with Crippen LogP contribution in [0.1, 0.15) is 31.1 Å². The van der Waals surface area contributed by atoms with Crippen molar-refractivity contribution < 1.29 is 9.26 Å². The number of halogens is 1. The lowest BCUT2D eigenvalue weighted by atomic mass is 10.0. The largest absolute Gasteiger partial charge is 0.496 e. The first kappa shape index (κ1) is 14.8. The molecule has 4 rings (SSSR count). The number of rotatable bonds is 3. The highest BCUT2D eigenvalue weighted by Gasteiger charge is 2.38. The van der Waals surface area contributed by atoms with E-state index in [-0.39, 0.29) is 0 Å². The first-order chi connectivity index (χ1) is 11.2. The molecule has 2 N–H and O–H groups in total. The highest BCUT2D eigenvalue weighted by Crippen LogP contribution is 2.38. The number of fused-ring (bicyclic) bond motifs is 1. The van der Waals surface area contributed by atoms with Crippen LogP contribution in [-0.2, 0) is 0 Å². The zero-order chi connectivity index (χ0) is 16.0. The van der Waals surface area contributed by atoms with Gasteiger partial charge in [0.15, 0.2) is 0 Å². The van der Waals surface area contributed by atoms with E-state index in [1.807, 2.05) is 0 Å². The fourth-order valence-corrected chi connectivity index (χ4v) is 3.85. The van der Waals surface area contributed by atoms with Crippen LogP contribution in [0.3, 0.4) is 0 Å². The normalized spacial score (nSPS) is 24.1. The highest BCUT2D eigenvalue weighted by atomic mass is 35.5. The molecule has 2 atom stereocenters. The second kappa shape index (κ2) is 5.69. The molecule has 0 aliphatic carbocycles. The summed E-state index contributed by atoms with van der Waals surface area (Å²) >= 11 is 6.12. The Bertz CT molecular complexity index is 721. The van der Waals surface area contributed by atoms with Crippen LogP contribution in [0.25, 0.3) is 11.4 Å². The average molecular weight is 335 g/mol. The minimum Gasteiger partial charge on any atom is -0.496 e. The Morgan fingerprint density at radius 2 is 2.30 bits per heavy atom. The topological polar surface area (TPSA) is 77.4 Å². The summed E-state index contributed by atoms with van der Waals surface area (Å²) in [5.41, 5.74) is 6.98. The molecule has 2 fully saturated rings. The summed E-state index contributed by atoms with van der Waals surface area (Å²) in [4.78, 5) is 7.11. The number of methoxy groups -OCH3 is 1. The summed E-state index contributed by atoms with van der Waals surface area (Å²) in [5.74, 6) is 2.10. The minimum absolute atomic E-state index is 0.316. The van der Waals surface area contributed by atoms with Crippen LogP contribution in [0, 0.1) is 0 Å². The van der Waals surface area contributed by atoms with Gasteiger partial charge in [0.1, 0.15) is 5.75 Å². The SMILES string of the molecule is COc1cc(N)c(Cl)cc1-c1noc([C@@H]2C[C@@H]3CCCN3C2)n1. The molecular formula is C16H19ClN4O2. The standard InChI is InChI=1S/C16H19ClN4O2/c1-22-14-7-13(18)12(17)6-11(14)15-19-16(23-20-15)9-5-10-3-2-4-21(10)8-9/h6-7,9-10H,2-5,8,18H2,1H3/t9-,10+/m1/s1. The van der Waals surface area contributed by atoms with Gasteiger partial charge < -0.3 is 15.0 Å². The van der Waals surface area contributed by atoms with Crippen molar-refractivity contribution in [1.29, 1.82) is 0 Å². The number of ether oxygens (including phenoxy) is 1. The molecule has 0 bridgehead atoms. The summed E-state index contributed by atoms with van der Waals surface area (Å²) in [6, 6.07) is 4.08. The van der Waals surface area contributed by atoms with Gasteiger partial charge in [0.2, 0.25) is 11.7 Å². The van der Waals surface area contributed by atoms with Gasteiger partial charge >= 0.3 is 0 Å². The predicted molar refractivity (Wildman–Crippen MR) is 87.7 cm³/mol. The molecule has 1 aromatic carbocycles. The Kier molecular flexibility index (Phi) is 3.66. The van der Waals surface area contributed by atoms with Gasteiger partial charge in [0.25, 0.3) is 0 Å². The van der Waals surface area contributed by atoms with E-state index in [1.54, 1.807) is 19.2 Å². The van der Waals surface area contributed by atoms with Crippen LogP contribution in [0.15, 0.2) is 16.7 Å². The molecule has 7 heteroatoms. The molecule has 2 aromatic rings. The molecule has 0 saturated carbocycles. The lowest BCUT2D eigenvalue weighted by Gasteiger charge is -2.12. The van der Waals surface area contributed by atoms with Gasteiger partial charge in [-0.3, -0.25) is 4.90 Å². The summed E-state index contributed by atoms with van der Waals surface area (Å²) in [6.07, 6.45) is 3.67. The first-order valence-electron chi connectivity index (χ1n) is 7.86. The molecule has 0 amide bonds. The van der Waals surface area contributed by atoms with E-state index in [9.17, 15) is 0 Å². The number of nitrogens with zero attached hydrogens (tertiary/aromatic N) is 3. The second-order valence-corrected chi connectivity index (χ2v) is 6.66. The predicted octanol–water partition coefficient (Wildman–Crippen LogP) is 2.93. The quantitative estimate of drug-likeness (QED) is 0.870. The van der Waals surface area contributed by atoms with Crippen molar-refractivity contribution >= 4 is 17.3 Å². The summed E-state index contributed by atoms with van der Waals surface area (Å²) in [5, 5.41) is 4.57. The van der Waals surface area contributed by atoms with Crippen LogP contribution in [0.4, 0.5) is 5.69 Å². The van der Waals surface area contributed by atoms with Crippen LogP contribution in [0.5, 0.6) is 5.75 Å². The van der Waals surface area contributed by atoms with Gasteiger partial charge in [-0.15, -0.1) is 0 Å². The van der Waals surface area contributed by atoms with Crippen molar-refractivity contribution in [3.8, 4) is 17.1 Å². The van der Waals surface area contributed by atoms with Crippen molar-refractivity contribution in [3.05, 3.63) is 23.0 Å². The molecule has 3 heterocycles. The van der Waals surface area contributed by atoms with E-state index in [2.05, 4.69) is 15.0 Å². The molecule has 122 valence electrons. The smallest absolute Gasteiger partial charge is 0.231 e. The van der Waals surface area contributed by atoms with Crippen molar-refractivity contribution in [3.63, 3.8) is 0 Å². The van der Waals surface area contributed by atoms with E-state index in [0.717, 1.165) is 13.0 Å². The number of benzene rings is 1. The van der Waals surface area contributed by atoms with Gasteiger partial charge in [-0.2, -0.15) is 4.98 Å². The average Bonchev–Trinajstić information content (AvgIpc) is 3.23. The maximum atomic E-state index is 6.12. The number of anilines is 1. The molecule has 0 spiro atoms. The first-order valence-corrected chi connectivity index (χ1v) is 8.24. The second-order valence-electron chi connectivity index (χ2n) is 6.25. The monoisotopic (exact) mass is 334 g/mol. The van der Waals surface area contributed by atoms with Crippen LogP contribution in [-0.4, -0.2) is 41.3 Å². The van der Waals surface area contributed by atoms with Crippen LogP contribution in [0.2, 0.25) is 5.02 Å². The zero-order valence-corrected chi connectivity index (χ0v) is 13.7. The molecular weight excluding hydrogens is 316 g/mol. The molecule has 0 radical (unpaired) electrons. The van der Waals surface area contributed by atoms with Crippen LogP contribution < -0.4 is 10.5 Å². The van der Waals surface area contributed by atoms with E-state index < -0.39 is 0 Å². The maximum Gasteiger partial charge on any atom is 0.231 e. The molecule has 2 aliphatic rings. The maximum absolute atomic E-state index is 6.12. The number of aromatic nitrogens is 2. The minimum atomic E-state index is 0.316. The number of nitrogen functional groups attached to an aromatic ring is 1. The Balaban J connectivity index is 1.62. The lowest BCUT2D eigenvalue weighted by Crippen LogP contribution is -2.22. The molecule has 0 unspecified atom stereocenters. The zero-order valence-electron chi connectivity index (χ0n) is 13.0. The Hall–Kier alpha value is -1.79. The molecule has 23 heavy (non-hydrogen) atoms. The van der Waals surface area contributed by atoms with Crippen molar-refractivity contribution in [1.82, 2.24) is 15.0 Å². The lowest BCUT2D eigenvalue weighted by molar-refractivity contribution is 0.313. The highest BCUT2D eigenvalue weighted by molar-refractivity contribution is 6.33. The van der Waals surface area contributed by atoms with E-state index >= 15 is 0 Å². The van der Waals surface area contributed by atoms with E-state index in [1.165, 1.54) is 19.4 Å². The van der Waals surface area contributed by atoms with Crippen molar-refractivity contribution in [2.45, 2.75) is 31.2 Å². The van der Waals surface area contributed by atoms with Gasteiger partial charge in [0, 0.05) is 18.7 Å². The Labute approximate surface area is 139 Å². The van der Waals surface area contributed by atoms with E-state index in [0.29, 0.717) is 45.7 Å². The van der Waals surface area contributed by atoms with E-state index in [4.69, 9.17) is 26.6 Å². The van der Waals surface area contributed by atoms with Gasteiger partial charge in [0.05, 0.1) is 29.3 Å². The Morgan fingerprint density at radius 1 is 1.43 bits per heavy atom. The fourth-order valence-electron chi connectivity index (χ4n) is 3.69. The third kappa shape index (κ3) is 2.56. The molecule has 2 aliphatic heterocycles. The van der Waals surface area contributed by atoms with Gasteiger partial charge in [-0.1, -0.05) is 16.8 Å². The van der Waals surface area contributed by atoms with Crippen LogP contribution >= 0.6 is 11.6 Å². The fraction of sp³-hybridized carbons (Fsp3) is 0.500. The summed E-state index contributed by atoms with van der Waals surface area (Å²) < 4.78 is 10.9. The van der Waals surface area contributed by atoms with Crippen molar-refractivity contribution in [2.75, 3.05) is 25.9 Å². The summed E-state index contributed by atoms with van der Waals surface area (Å²) in [7, 11) is 1.58. The van der Waals surface area contributed by atoms with Crippen molar-refractivity contribution in [2.24, 2.45) is 0 Å². The van der Waals surface area contributed by atoms with Gasteiger partial charge in [-0.05, 0) is 31.9 Å². The molecule has 6 nitrogen and oxygen atoms in total. The molecule has 2 saturated heterocycles. The number of hydrogen-bond donors (Lipinski definition) is 1. The summed E-state index contributed by atoms with van der Waals surface area (Å²) in [6.45, 7) is 2.19. The number of nitrogens with two attached hydrogens (primary N) is 1. The third-order valence-electron chi connectivity index (χ3n) is 4.86.